The second-order valence-corrected chi connectivity index (χ2v) is 3.77. The molecule has 6 heteroatoms. The normalized spacial score (nSPS) is 11.6. The molecule has 0 aromatic carbocycles. The summed E-state index contributed by atoms with van der Waals surface area (Å²) >= 11 is 0. The summed E-state index contributed by atoms with van der Waals surface area (Å²) in [6.07, 6.45) is -2.86. The number of anilines is 1. The fourth-order valence-electron chi connectivity index (χ4n) is 1.60. The van der Waals surface area contributed by atoms with Gasteiger partial charge in [0.1, 0.15) is 12.4 Å². The van der Waals surface area contributed by atoms with E-state index in [-0.39, 0.29) is 13.2 Å². The van der Waals surface area contributed by atoms with E-state index in [0.29, 0.717) is 16.9 Å². The Morgan fingerprint density at radius 2 is 2.06 bits per heavy atom. The van der Waals surface area contributed by atoms with Crippen molar-refractivity contribution in [2.75, 3.05) is 18.0 Å². The fraction of sp³-hybridized carbons (Fsp3) is 0.545. The van der Waals surface area contributed by atoms with E-state index in [9.17, 15) is 13.2 Å². The van der Waals surface area contributed by atoms with Gasteiger partial charge in [-0.25, -0.2) is 4.98 Å². The minimum atomic E-state index is -4.25. The quantitative estimate of drug-likeness (QED) is 0.888. The summed E-state index contributed by atoms with van der Waals surface area (Å²) in [6.45, 7) is 2.37. The van der Waals surface area contributed by atoms with E-state index in [1.807, 2.05) is 0 Å². The van der Waals surface area contributed by atoms with Gasteiger partial charge in [-0.15, -0.1) is 0 Å². The topological polar surface area (TPSA) is 36.4 Å². The summed E-state index contributed by atoms with van der Waals surface area (Å²) in [6, 6.07) is 1.64. The lowest BCUT2D eigenvalue weighted by Gasteiger charge is -2.24. The number of aromatic nitrogens is 1. The van der Waals surface area contributed by atoms with Gasteiger partial charge in [-0.1, -0.05) is 0 Å². The molecule has 17 heavy (non-hydrogen) atoms. The number of aliphatic hydroxyl groups is 1. The molecule has 0 amide bonds. The monoisotopic (exact) mass is 248 g/mol. The van der Waals surface area contributed by atoms with Crippen molar-refractivity contribution in [3.8, 4) is 0 Å². The SMILES string of the molecule is CCN(CC(F)(F)F)c1ncc(CO)cc1C. The molecule has 96 valence electrons. The lowest BCUT2D eigenvalue weighted by Crippen LogP contribution is -2.35. The highest BCUT2D eigenvalue weighted by Crippen LogP contribution is 2.23. The van der Waals surface area contributed by atoms with Gasteiger partial charge >= 0.3 is 6.18 Å². The molecule has 0 radical (unpaired) electrons. The first-order chi connectivity index (χ1) is 7.87. The number of nitrogens with zero attached hydrogens (tertiary/aromatic N) is 2. The van der Waals surface area contributed by atoms with Crippen molar-refractivity contribution in [2.45, 2.75) is 26.6 Å². The van der Waals surface area contributed by atoms with Crippen LogP contribution in [0.5, 0.6) is 0 Å². The fourth-order valence-corrected chi connectivity index (χ4v) is 1.60. The molecule has 3 nitrogen and oxygen atoms in total. The van der Waals surface area contributed by atoms with Crippen LogP contribution in [0.3, 0.4) is 0 Å². The van der Waals surface area contributed by atoms with Crippen molar-refractivity contribution in [1.29, 1.82) is 0 Å². The summed E-state index contributed by atoms with van der Waals surface area (Å²) in [5.41, 5.74) is 1.22. The molecule has 0 spiro atoms. The van der Waals surface area contributed by atoms with E-state index in [1.54, 1.807) is 19.9 Å². The first kappa shape index (κ1) is 13.8. The third-order valence-corrected chi connectivity index (χ3v) is 2.34. The van der Waals surface area contributed by atoms with Gasteiger partial charge in [-0.05, 0) is 31.0 Å². The standard InChI is InChI=1S/C11H15F3N2O/c1-3-16(7-11(12,13)14)10-8(2)4-9(6-17)5-15-10/h4-5,17H,3,6-7H2,1-2H3. The largest absolute Gasteiger partial charge is 0.405 e. The molecule has 1 N–H and O–H groups in total. The van der Waals surface area contributed by atoms with Crippen molar-refractivity contribution in [3.05, 3.63) is 23.4 Å². The highest BCUT2D eigenvalue weighted by molar-refractivity contribution is 5.47. The number of rotatable bonds is 4. The van der Waals surface area contributed by atoms with E-state index in [2.05, 4.69) is 4.98 Å². The summed E-state index contributed by atoms with van der Waals surface area (Å²) in [7, 11) is 0. The Kier molecular flexibility index (Phi) is 4.34. The molecule has 0 unspecified atom stereocenters. The summed E-state index contributed by atoms with van der Waals surface area (Å²) in [5, 5.41) is 8.90. The van der Waals surface area contributed by atoms with Gasteiger partial charge in [-0.3, -0.25) is 0 Å². The van der Waals surface area contributed by atoms with Gasteiger partial charge in [0.25, 0.3) is 0 Å². The Balaban J connectivity index is 2.96. The molecule has 1 heterocycles. The van der Waals surface area contributed by atoms with Crippen molar-refractivity contribution in [1.82, 2.24) is 4.98 Å². The highest BCUT2D eigenvalue weighted by atomic mass is 19.4. The number of aryl methyl sites for hydroxylation is 1. The van der Waals surface area contributed by atoms with Crippen LogP contribution < -0.4 is 4.90 Å². The maximum absolute atomic E-state index is 12.3. The minimum absolute atomic E-state index is 0.167. The molecule has 0 saturated carbocycles. The van der Waals surface area contributed by atoms with Gasteiger partial charge in [-0.2, -0.15) is 13.2 Å². The van der Waals surface area contributed by atoms with Crippen molar-refractivity contribution >= 4 is 5.82 Å². The molecule has 1 aromatic heterocycles. The molecule has 0 aliphatic heterocycles. The Hall–Kier alpha value is -1.30. The Labute approximate surface area is 97.9 Å². The van der Waals surface area contributed by atoms with Crippen LogP contribution in [0.1, 0.15) is 18.1 Å². The van der Waals surface area contributed by atoms with E-state index in [4.69, 9.17) is 5.11 Å². The second kappa shape index (κ2) is 5.35. The second-order valence-electron chi connectivity index (χ2n) is 3.77. The van der Waals surface area contributed by atoms with E-state index in [0.717, 1.165) is 4.90 Å². The molecule has 1 rings (SSSR count). The zero-order valence-electron chi connectivity index (χ0n) is 9.75. The first-order valence-electron chi connectivity index (χ1n) is 5.25. The van der Waals surface area contributed by atoms with Gasteiger partial charge in [0.15, 0.2) is 0 Å². The predicted octanol–water partition coefficient (Wildman–Crippen LogP) is 2.27. The van der Waals surface area contributed by atoms with E-state index >= 15 is 0 Å². The Morgan fingerprint density at radius 1 is 1.41 bits per heavy atom. The van der Waals surface area contributed by atoms with Crippen LogP contribution in [-0.2, 0) is 6.61 Å². The van der Waals surface area contributed by atoms with Crippen molar-refractivity contribution < 1.29 is 18.3 Å². The van der Waals surface area contributed by atoms with Crippen LogP contribution in [0.4, 0.5) is 19.0 Å². The van der Waals surface area contributed by atoms with Gasteiger partial charge < -0.3 is 10.0 Å². The maximum Gasteiger partial charge on any atom is 0.405 e. The Bertz CT molecular complexity index is 379. The number of hydrogen-bond acceptors (Lipinski definition) is 3. The van der Waals surface area contributed by atoms with Gasteiger partial charge in [0.05, 0.1) is 6.61 Å². The lowest BCUT2D eigenvalue weighted by molar-refractivity contribution is -0.119. The summed E-state index contributed by atoms with van der Waals surface area (Å²) in [4.78, 5) is 5.13. The van der Waals surface area contributed by atoms with Crippen LogP contribution in [0, 0.1) is 6.92 Å². The third kappa shape index (κ3) is 3.89. The van der Waals surface area contributed by atoms with Crippen molar-refractivity contribution in [2.24, 2.45) is 0 Å². The molecule has 0 atom stereocenters. The molecule has 1 aromatic rings. The van der Waals surface area contributed by atoms with E-state index < -0.39 is 12.7 Å². The van der Waals surface area contributed by atoms with Gasteiger partial charge in [0, 0.05) is 12.7 Å². The maximum atomic E-state index is 12.3. The van der Waals surface area contributed by atoms with Crippen LogP contribution >= 0.6 is 0 Å². The molecule has 0 saturated heterocycles. The first-order valence-corrected chi connectivity index (χ1v) is 5.25. The van der Waals surface area contributed by atoms with Crippen LogP contribution in [-0.4, -0.2) is 29.4 Å². The molecule has 0 aliphatic carbocycles. The minimum Gasteiger partial charge on any atom is -0.392 e. The summed E-state index contributed by atoms with van der Waals surface area (Å²) in [5.74, 6) is 0.307. The van der Waals surface area contributed by atoms with Gasteiger partial charge in [0.2, 0.25) is 0 Å². The highest BCUT2D eigenvalue weighted by Gasteiger charge is 2.31. The number of hydrogen-bond donors (Lipinski definition) is 1. The number of halogens is 3. The third-order valence-electron chi connectivity index (χ3n) is 2.34. The number of aliphatic hydroxyl groups excluding tert-OH is 1. The zero-order valence-corrected chi connectivity index (χ0v) is 9.75. The van der Waals surface area contributed by atoms with Crippen LogP contribution in [0.15, 0.2) is 12.3 Å². The molecule has 0 aliphatic rings. The molecule has 0 bridgehead atoms. The van der Waals surface area contributed by atoms with E-state index in [1.165, 1.54) is 6.20 Å². The number of alkyl halides is 3. The predicted molar refractivity (Wildman–Crippen MR) is 58.8 cm³/mol. The van der Waals surface area contributed by atoms with Crippen molar-refractivity contribution in [3.63, 3.8) is 0 Å². The smallest absolute Gasteiger partial charge is 0.392 e. The molecular formula is C11H15F3N2O. The summed E-state index contributed by atoms with van der Waals surface area (Å²) < 4.78 is 37.0. The average molecular weight is 248 g/mol. The van der Waals surface area contributed by atoms with Crippen LogP contribution in [0.2, 0.25) is 0 Å². The Morgan fingerprint density at radius 3 is 2.47 bits per heavy atom. The average Bonchev–Trinajstić information content (AvgIpc) is 2.24. The number of pyridine rings is 1. The lowest BCUT2D eigenvalue weighted by atomic mass is 10.2. The zero-order chi connectivity index (χ0) is 13.1. The van der Waals surface area contributed by atoms with Crippen LogP contribution in [0.25, 0.3) is 0 Å². The molecular weight excluding hydrogens is 233 g/mol. The molecule has 0 fully saturated rings.